The number of rotatable bonds is 4. The largest absolute Gasteiger partial charge is 0.459 e. The van der Waals surface area contributed by atoms with Gasteiger partial charge in [0.2, 0.25) is 0 Å². The zero-order valence-corrected chi connectivity index (χ0v) is 19.1. The van der Waals surface area contributed by atoms with Crippen LogP contribution in [0, 0.1) is 6.92 Å². The molecule has 0 amide bonds. The van der Waals surface area contributed by atoms with Crippen LogP contribution < -0.4 is 5.32 Å². The number of aromatic nitrogens is 1. The van der Waals surface area contributed by atoms with Crippen molar-refractivity contribution in [2.75, 3.05) is 0 Å². The Bertz CT molecular complexity index is 1080. The molecule has 0 spiro atoms. The summed E-state index contributed by atoms with van der Waals surface area (Å²) in [6.07, 6.45) is 7.95. The van der Waals surface area contributed by atoms with Crippen molar-refractivity contribution in [1.82, 2.24) is 15.2 Å². The molecule has 2 aliphatic rings. The Labute approximate surface area is 193 Å². The van der Waals surface area contributed by atoms with E-state index in [-0.39, 0.29) is 12.1 Å². The molecule has 1 saturated carbocycles. The van der Waals surface area contributed by atoms with Gasteiger partial charge in [0, 0.05) is 22.8 Å². The number of hydrogen-bond acceptors (Lipinski definition) is 3. The first kappa shape index (κ1) is 20.5. The molecular weight excluding hydrogens is 426 g/mol. The summed E-state index contributed by atoms with van der Waals surface area (Å²) < 4.78 is 6.48. The van der Waals surface area contributed by atoms with E-state index in [0.717, 1.165) is 46.3 Å². The van der Waals surface area contributed by atoms with Crippen molar-refractivity contribution in [3.8, 4) is 11.3 Å². The molecule has 0 bridgehead atoms. The molecule has 2 aromatic heterocycles. The molecule has 1 aromatic carbocycles. The highest BCUT2D eigenvalue weighted by molar-refractivity contribution is 7.80. The number of aryl methyl sites for hydroxylation is 1. The smallest absolute Gasteiger partial charge is 0.170 e. The van der Waals surface area contributed by atoms with Crippen LogP contribution >= 0.6 is 23.8 Å². The predicted molar refractivity (Wildman–Crippen MR) is 128 cm³/mol. The molecule has 0 unspecified atom stereocenters. The first-order chi connectivity index (χ1) is 15.1. The molecule has 2 fully saturated rings. The molecule has 1 aliphatic heterocycles. The lowest BCUT2D eigenvalue weighted by Crippen LogP contribution is -2.40. The van der Waals surface area contributed by atoms with Gasteiger partial charge in [0.15, 0.2) is 5.11 Å². The van der Waals surface area contributed by atoms with Gasteiger partial charge in [-0.05, 0) is 73.9 Å². The molecule has 1 saturated heterocycles. The Morgan fingerprint density at radius 2 is 1.94 bits per heavy atom. The topological polar surface area (TPSA) is 41.3 Å². The summed E-state index contributed by atoms with van der Waals surface area (Å²) in [5, 5.41) is 5.05. The van der Waals surface area contributed by atoms with E-state index in [1.807, 2.05) is 42.6 Å². The number of benzene rings is 1. The molecule has 4 nitrogen and oxygen atoms in total. The van der Waals surface area contributed by atoms with Gasteiger partial charge in [0.1, 0.15) is 17.6 Å². The van der Waals surface area contributed by atoms with Crippen LogP contribution in [-0.2, 0) is 0 Å². The van der Waals surface area contributed by atoms with Crippen molar-refractivity contribution >= 4 is 28.9 Å². The third-order valence-electron chi connectivity index (χ3n) is 6.49. The fourth-order valence-electron chi connectivity index (χ4n) is 4.94. The number of hydrogen-bond donors (Lipinski definition) is 1. The summed E-state index contributed by atoms with van der Waals surface area (Å²) in [6.45, 7) is 2.07. The average Bonchev–Trinajstić information content (AvgIpc) is 3.41. The van der Waals surface area contributed by atoms with Crippen molar-refractivity contribution in [1.29, 1.82) is 0 Å². The van der Waals surface area contributed by atoms with E-state index in [9.17, 15) is 0 Å². The minimum Gasteiger partial charge on any atom is -0.459 e. The third-order valence-corrected chi connectivity index (χ3v) is 7.05. The standard InChI is InChI=1S/C25H26ClN3OS/c1-16-10-11-17(26)15-19(16)21-12-13-22(30-21)24-23(20-9-5-6-14-27-20)28-25(31)29(24)18-7-3-2-4-8-18/h5-6,9-15,18,23-24H,2-4,7-8H2,1H3,(H,28,31)/t23-,24-/m0/s1. The van der Waals surface area contributed by atoms with E-state index in [0.29, 0.717) is 11.1 Å². The van der Waals surface area contributed by atoms with Crippen molar-refractivity contribution < 1.29 is 4.42 Å². The SMILES string of the molecule is Cc1ccc(Cl)cc1-c1ccc([C@H]2[C@H](c3ccccn3)NC(=S)N2C2CCCCC2)o1. The van der Waals surface area contributed by atoms with Gasteiger partial charge >= 0.3 is 0 Å². The second kappa shape index (κ2) is 8.64. The van der Waals surface area contributed by atoms with E-state index < -0.39 is 0 Å². The van der Waals surface area contributed by atoms with Gasteiger partial charge in [-0.15, -0.1) is 0 Å². The lowest BCUT2D eigenvalue weighted by atomic mass is 9.92. The maximum absolute atomic E-state index is 6.48. The van der Waals surface area contributed by atoms with Crippen LogP contribution in [0.5, 0.6) is 0 Å². The molecule has 2 atom stereocenters. The fourth-order valence-corrected chi connectivity index (χ4v) is 5.50. The summed E-state index contributed by atoms with van der Waals surface area (Å²) in [7, 11) is 0. The Morgan fingerprint density at radius 1 is 1.10 bits per heavy atom. The van der Waals surface area contributed by atoms with Crippen LogP contribution in [0.3, 0.4) is 0 Å². The quantitative estimate of drug-likeness (QED) is 0.452. The number of nitrogens with zero attached hydrogens (tertiary/aromatic N) is 2. The molecule has 1 N–H and O–H groups in total. The number of nitrogens with one attached hydrogen (secondary N) is 1. The second-order valence-electron chi connectivity index (χ2n) is 8.49. The maximum Gasteiger partial charge on any atom is 0.170 e. The highest BCUT2D eigenvalue weighted by Gasteiger charge is 2.44. The molecule has 1 aliphatic carbocycles. The summed E-state index contributed by atoms with van der Waals surface area (Å²) in [5.74, 6) is 1.74. The molecule has 0 radical (unpaired) electrons. The monoisotopic (exact) mass is 451 g/mol. The zero-order chi connectivity index (χ0) is 21.4. The number of furan rings is 1. The van der Waals surface area contributed by atoms with E-state index in [2.05, 4.69) is 34.3 Å². The molecule has 31 heavy (non-hydrogen) atoms. The fraction of sp³-hybridized carbons (Fsp3) is 0.360. The Morgan fingerprint density at radius 3 is 2.71 bits per heavy atom. The number of thiocarbonyl (C=S) groups is 1. The second-order valence-corrected chi connectivity index (χ2v) is 9.31. The Balaban J connectivity index is 1.56. The molecule has 3 aromatic rings. The molecule has 3 heterocycles. The minimum atomic E-state index is -0.0462. The molecule has 5 rings (SSSR count). The van der Waals surface area contributed by atoms with E-state index in [4.69, 9.17) is 28.2 Å². The average molecular weight is 452 g/mol. The van der Waals surface area contributed by atoms with Crippen LogP contribution in [0.15, 0.2) is 59.1 Å². The number of pyridine rings is 1. The van der Waals surface area contributed by atoms with Gasteiger partial charge < -0.3 is 14.6 Å². The van der Waals surface area contributed by atoms with Gasteiger partial charge in [-0.1, -0.05) is 43.0 Å². The molecule has 6 heteroatoms. The zero-order valence-electron chi connectivity index (χ0n) is 17.6. The van der Waals surface area contributed by atoms with Crippen molar-refractivity contribution in [3.05, 3.63) is 76.8 Å². The lowest BCUT2D eigenvalue weighted by molar-refractivity contribution is 0.179. The van der Waals surface area contributed by atoms with Crippen LogP contribution in [0.25, 0.3) is 11.3 Å². The van der Waals surface area contributed by atoms with E-state index in [1.54, 1.807) is 0 Å². The van der Waals surface area contributed by atoms with Crippen LogP contribution in [0.1, 0.15) is 61.2 Å². The van der Waals surface area contributed by atoms with Crippen LogP contribution in [-0.4, -0.2) is 21.0 Å². The summed E-state index contributed by atoms with van der Waals surface area (Å²) in [6, 6.07) is 16.4. The maximum atomic E-state index is 6.48. The highest BCUT2D eigenvalue weighted by atomic mass is 35.5. The van der Waals surface area contributed by atoms with Crippen LogP contribution in [0.4, 0.5) is 0 Å². The van der Waals surface area contributed by atoms with E-state index in [1.165, 1.54) is 19.3 Å². The van der Waals surface area contributed by atoms with Crippen molar-refractivity contribution in [2.45, 2.75) is 57.2 Å². The minimum absolute atomic E-state index is 0.0289. The Kier molecular flexibility index (Phi) is 5.72. The summed E-state index contributed by atoms with van der Waals surface area (Å²) >= 11 is 12.1. The van der Waals surface area contributed by atoms with Gasteiger partial charge in [-0.2, -0.15) is 0 Å². The van der Waals surface area contributed by atoms with E-state index >= 15 is 0 Å². The first-order valence-corrected chi connectivity index (χ1v) is 11.8. The Hall–Kier alpha value is -2.37. The van der Waals surface area contributed by atoms with Crippen molar-refractivity contribution in [3.63, 3.8) is 0 Å². The van der Waals surface area contributed by atoms with Gasteiger partial charge in [-0.3, -0.25) is 4.98 Å². The molecular formula is C25H26ClN3OS. The van der Waals surface area contributed by atoms with Crippen LogP contribution in [0.2, 0.25) is 5.02 Å². The molecule has 160 valence electrons. The number of halogens is 1. The third kappa shape index (κ3) is 3.97. The first-order valence-electron chi connectivity index (χ1n) is 11.0. The lowest BCUT2D eigenvalue weighted by Gasteiger charge is -2.36. The predicted octanol–water partition coefficient (Wildman–Crippen LogP) is 6.61. The summed E-state index contributed by atoms with van der Waals surface area (Å²) in [4.78, 5) is 7.01. The van der Waals surface area contributed by atoms with Crippen molar-refractivity contribution in [2.24, 2.45) is 0 Å². The van der Waals surface area contributed by atoms with Gasteiger partial charge in [0.25, 0.3) is 0 Å². The highest BCUT2D eigenvalue weighted by Crippen LogP contribution is 2.44. The van der Waals surface area contributed by atoms with Gasteiger partial charge in [-0.25, -0.2) is 0 Å². The summed E-state index contributed by atoms with van der Waals surface area (Å²) in [5.41, 5.74) is 3.13. The normalized spacial score (nSPS) is 22.0. The van der Waals surface area contributed by atoms with Gasteiger partial charge in [0.05, 0.1) is 11.7 Å².